The monoisotopic (exact) mass is 549 g/mol. The van der Waals surface area contributed by atoms with Crippen molar-refractivity contribution in [2.24, 2.45) is 23.5 Å². The van der Waals surface area contributed by atoms with Crippen molar-refractivity contribution in [1.82, 2.24) is 5.32 Å². The molecule has 2 aromatic rings. The average Bonchev–Trinajstić information content (AvgIpc) is 2.90. The molecular weight excluding hydrogens is 514 g/mol. The van der Waals surface area contributed by atoms with Gasteiger partial charge in [0.1, 0.15) is 17.4 Å². The van der Waals surface area contributed by atoms with E-state index in [1.54, 1.807) is 0 Å². The average molecular weight is 550 g/mol. The Balaban J connectivity index is 1.51. The summed E-state index contributed by atoms with van der Waals surface area (Å²) in [7, 11) is 3.70. The van der Waals surface area contributed by atoms with Crippen molar-refractivity contribution in [3.8, 4) is 5.75 Å². The molecule has 2 aromatic carbocycles. The van der Waals surface area contributed by atoms with Crippen LogP contribution in [0.1, 0.15) is 35.1 Å². The van der Waals surface area contributed by atoms with E-state index >= 15 is 0 Å². The number of carbonyl (C=O) groups excluding carboxylic acids is 3. The second-order valence-electron chi connectivity index (χ2n) is 11.3. The molecule has 10 heteroatoms. The number of Topliss-reactive ketones (excluding diaryl/α,β-unsaturated/α-hetero) is 2. The van der Waals surface area contributed by atoms with Gasteiger partial charge in [0.2, 0.25) is 11.7 Å². The normalized spacial score (nSPS) is 27.6. The van der Waals surface area contributed by atoms with Crippen LogP contribution < -0.4 is 16.0 Å². The molecule has 7 N–H and O–H groups in total. The molecule has 40 heavy (non-hydrogen) atoms. The third kappa shape index (κ3) is 4.36. The van der Waals surface area contributed by atoms with Gasteiger partial charge >= 0.3 is 0 Å². The second-order valence-corrected chi connectivity index (χ2v) is 11.3. The summed E-state index contributed by atoms with van der Waals surface area (Å²) in [4.78, 5) is 40.7. The maximum atomic E-state index is 13.8. The van der Waals surface area contributed by atoms with Gasteiger partial charge in [0.15, 0.2) is 11.4 Å². The van der Waals surface area contributed by atoms with Crippen LogP contribution in [0.15, 0.2) is 42.0 Å². The summed E-state index contributed by atoms with van der Waals surface area (Å²) in [6.07, 6.45) is -0.368. The largest absolute Gasteiger partial charge is 0.507 e. The number of nitrogens with zero attached hydrogens (tertiary/aromatic N) is 1. The Morgan fingerprint density at radius 2 is 1.85 bits per heavy atom. The second kappa shape index (κ2) is 10.3. The Labute approximate surface area is 232 Å². The van der Waals surface area contributed by atoms with Crippen LogP contribution in [-0.4, -0.2) is 70.2 Å². The van der Waals surface area contributed by atoms with Gasteiger partial charge in [-0.3, -0.25) is 14.4 Å². The smallest absolute Gasteiger partial charge is 0.230 e. The number of carbonyl (C=O) groups is 3. The minimum Gasteiger partial charge on any atom is -0.507 e. The molecule has 0 bridgehead atoms. The van der Waals surface area contributed by atoms with Crippen LogP contribution >= 0.6 is 0 Å². The van der Waals surface area contributed by atoms with Crippen LogP contribution in [0.2, 0.25) is 0 Å². The van der Waals surface area contributed by atoms with Gasteiger partial charge in [0.05, 0.1) is 11.7 Å². The first-order chi connectivity index (χ1) is 19.0. The highest BCUT2D eigenvalue weighted by molar-refractivity contribution is 6.24. The van der Waals surface area contributed by atoms with Crippen molar-refractivity contribution in [2.75, 3.05) is 25.5 Å². The summed E-state index contributed by atoms with van der Waals surface area (Å²) >= 11 is 0. The van der Waals surface area contributed by atoms with Crippen molar-refractivity contribution < 1.29 is 34.8 Å². The fraction of sp³-hybridized carbons (Fsp3) is 0.433. The molecule has 212 valence electrons. The summed E-state index contributed by atoms with van der Waals surface area (Å²) in [5, 5.41) is 48.0. The molecule has 10 nitrogen and oxygen atoms in total. The predicted octanol–water partition coefficient (Wildman–Crippen LogP) is 0.987. The number of hydrogen-bond acceptors (Lipinski definition) is 9. The first kappa shape index (κ1) is 27.8. The number of primary amides is 1. The van der Waals surface area contributed by atoms with E-state index in [0.29, 0.717) is 24.2 Å². The van der Waals surface area contributed by atoms with E-state index in [1.807, 2.05) is 55.4 Å². The molecule has 2 fully saturated rings. The van der Waals surface area contributed by atoms with Crippen molar-refractivity contribution >= 4 is 28.9 Å². The number of nitrogens with one attached hydrogen (secondary N) is 1. The molecule has 0 aliphatic heterocycles. The molecule has 5 atom stereocenters. The number of benzene rings is 2. The lowest BCUT2D eigenvalue weighted by Crippen LogP contribution is -2.66. The Morgan fingerprint density at radius 3 is 2.50 bits per heavy atom. The highest BCUT2D eigenvalue weighted by Gasteiger charge is 2.64. The van der Waals surface area contributed by atoms with E-state index in [1.165, 1.54) is 5.56 Å². The minimum atomic E-state index is -2.59. The van der Waals surface area contributed by atoms with Gasteiger partial charge in [-0.2, -0.15) is 0 Å². The van der Waals surface area contributed by atoms with Gasteiger partial charge in [-0.15, -0.1) is 0 Å². The lowest BCUT2D eigenvalue weighted by atomic mass is 9.56. The van der Waals surface area contributed by atoms with Crippen LogP contribution in [0, 0.1) is 17.8 Å². The number of aromatic hydroxyl groups is 1. The molecule has 0 heterocycles. The van der Waals surface area contributed by atoms with E-state index < -0.39 is 52.7 Å². The van der Waals surface area contributed by atoms with Gasteiger partial charge in [-0.25, -0.2) is 0 Å². The van der Waals surface area contributed by atoms with E-state index in [9.17, 15) is 34.8 Å². The Morgan fingerprint density at radius 1 is 1.15 bits per heavy atom. The summed E-state index contributed by atoms with van der Waals surface area (Å²) in [6, 6.07) is 11.8. The fourth-order valence-corrected chi connectivity index (χ4v) is 6.66. The Kier molecular flexibility index (Phi) is 7.20. The molecule has 0 radical (unpaired) electrons. The molecular formula is C30H35N3O7. The van der Waals surface area contributed by atoms with Crippen LogP contribution in [0.5, 0.6) is 5.75 Å². The van der Waals surface area contributed by atoms with Crippen LogP contribution in [0.3, 0.4) is 0 Å². The highest BCUT2D eigenvalue weighted by Crippen LogP contribution is 2.53. The third-order valence-electron chi connectivity index (χ3n) is 8.67. The number of nitrogens with two attached hydrogens (primary N) is 1. The van der Waals surface area contributed by atoms with Gasteiger partial charge in [0, 0.05) is 43.4 Å². The summed E-state index contributed by atoms with van der Waals surface area (Å²) in [5.41, 5.74) is 5.78. The number of hydrogen-bond donors (Lipinski definition) is 6. The molecule has 3 aliphatic carbocycles. The number of anilines is 1. The quantitative estimate of drug-likeness (QED) is 0.217. The number of amides is 1. The van der Waals surface area contributed by atoms with E-state index in [2.05, 4.69) is 5.32 Å². The predicted molar refractivity (Wildman–Crippen MR) is 147 cm³/mol. The first-order valence-electron chi connectivity index (χ1n) is 13.5. The zero-order valence-corrected chi connectivity index (χ0v) is 22.6. The summed E-state index contributed by atoms with van der Waals surface area (Å²) in [6.45, 7) is 0.949. The minimum absolute atomic E-state index is 0.0995. The number of fused-ring (bicyclic) bond motifs is 3. The third-order valence-corrected chi connectivity index (χ3v) is 8.67. The standard InChI is InChI=1S/C30H35N3O7/c1-33(2)20-12-17(14-32-9-8-15-6-4-3-5-7-15)25(35)23-19(20)11-16-10-18-13-21(34)24(29(31)39)28(38)30(18,40)27(37)22(16)26(23)36/h3-7,12,16,18,21,24,32,34-36,40H,8-11,13-14H2,1-2H3,(H2,31,39)/t16-,18+,21?,24?,30+/m1/s1. The molecule has 0 aromatic heterocycles. The number of ketones is 2. The topological polar surface area (TPSA) is 173 Å². The number of rotatable bonds is 7. The summed E-state index contributed by atoms with van der Waals surface area (Å²) in [5.74, 6) is -7.14. The van der Waals surface area contributed by atoms with E-state index in [0.717, 1.165) is 12.1 Å². The van der Waals surface area contributed by atoms with Gasteiger partial charge < -0.3 is 36.4 Å². The summed E-state index contributed by atoms with van der Waals surface area (Å²) < 4.78 is 0. The molecule has 2 unspecified atom stereocenters. The lowest BCUT2D eigenvalue weighted by molar-refractivity contribution is -0.174. The zero-order chi connectivity index (χ0) is 28.9. The molecule has 5 rings (SSSR count). The van der Waals surface area contributed by atoms with Gasteiger partial charge in [-0.1, -0.05) is 30.3 Å². The van der Waals surface area contributed by atoms with Crippen LogP contribution in [0.25, 0.3) is 5.76 Å². The van der Waals surface area contributed by atoms with Gasteiger partial charge in [0.25, 0.3) is 0 Å². The molecule has 0 spiro atoms. The first-order valence-corrected chi connectivity index (χ1v) is 13.5. The number of aliphatic hydroxyl groups is 3. The Bertz CT molecular complexity index is 1400. The van der Waals surface area contributed by atoms with E-state index in [-0.39, 0.29) is 36.1 Å². The number of phenols is 1. The fourth-order valence-electron chi connectivity index (χ4n) is 6.66. The Hall–Kier alpha value is -3.73. The van der Waals surface area contributed by atoms with Crippen molar-refractivity contribution in [3.05, 3.63) is 64.2 Å². The van der Waals surface area contributed by atoms with Crippen molar-refractivity contribution in [3.63, 3.8) is 0 Å². The highest BCUT2D eigenvalue weighted by atomic mass is 16.3. The maximum absolute atomic E-state index is 13.8. The van der Waals surface area contributed by atoms with Crippen LogP contribution in [-0.2, 0) is 33.8 Å². The van der Waals surface area contributed by atoms with Crippen LogP contribution in [0.4, 0.5) is 5.69 Å². The molecule has 1 amide bonds. The lowest BCUT2D eigenvalue weighted by Gasteiger charge is -2.48. The number of aliphatic hydroxyl groups excluding tert-OH is 2. The zero-order valence-electron chi connectivity index (χ0n) is 22.6. The SMILES string of the molecule is CN(C)c1cc(CNCCc2ccccc2)c(O)c2c1C[C@H]1C[C@H]3CC(O)C(C(N)=O)C(=O)[C@@]3(O)C(=O)C1=C2O. The van der Waals surface area contributed by atoms with Crippen molar-refractivity contribution in [1.29, 1.82) is 0 Å². The van der Waals surface area contributed by atoms with Gasteiger partial charge in [-0.05, 0) is 55.3 Å². The maximum Gasteiger partial charge on any atom is 0.230 e. The molecule has 2 saturated carbocycles. The molecule has 0 saturated heterocycles. The van der Waals surface area contributed by atoms with E-state index in [4.69, 9.17) is 5.73 Å². The number of phenolic OH excluding ortho intramolecular Hbond substituents is 1. The van der Waals surface area contributed by atoms with Crippen molar-refractivity contribution in [2.45, 2.75) is 43.9 Å². The molecule has 3 aliphatic rings.